The number of carboxylic acid groups (broad SMARTS) is 1. The van der Waals surface area contributed by atoms with Crippen molar-refractivity contribution in [2.45, 2.75) is 45.1 Å². The van der Waals surface area contributed by atoms with E-state index in [1.807, 2.05) is 11.5 Å². The Morgan fingerprint density at radius 2 is 2.19 bits per heavy atom. The summed E-state index contributed by atoms with van der Waals surface area (Å²) in [5, 5.41) is 9.46. The third-order valence-corrected chi connectivity index (χ3v) is 4.47. The number of aromatic nitrogens is 2. The minimum absolute atomic E-state index is 0.0772. The number of aryl methyl sites for hydroxylation is 1. The first-order valence-corrected chi connectivity index (χ1v) is 7.50. The van der Waals surface area contributed by atoms with Crippen LogP contribution < -0.4 is 0 Å². The van der Waals surface area contributed by atoms with Gasteiger partial charge in [0.25, 0.3) is 0 Å². The molecule has 1 aromatic heterocycles. The van der Waals surface area contributed by atoms with Gasteiger partial charge in [0.05, 0.1) is 17.0 Å². The van der Waals surface area contributed by atoms with Crippen LogP contribution in [0.1, 0.15) is 44.3 Å². The van der Waals surface area contributed by atoms with Crippen LogP contribution in [0, 0.1) is 11.7 Å². The van der Waals surface area contributed by atoms with Crippen LogP contribution in [0.25, 0.3) is 11.0 Å². The number of hydrogen-bond acceptors (Lipinski definition) is 2. The number of carboxylic acids is 1. The summed E-state index contributed by atoms with van der Waals surface area (Å²) >= 11 is 0. The van der Waals surface area contributed by atoms with Crippen LogP contribution in [0.4, 0.5) is 4.39 Å². The van der Waals surface area contributed by atoms with Crippen LogP contribution in [-0.2, 0) is 11.3 Å². The number of nitrogens with zero attached hydrogens (tertiary/aromatic N) is 2. The monoisotopic (exact) mass is 290 g/mol. The van der Waals surface area contributed by atoms with Crippen molar-refractivity contribution in [2.75, 3.05) is 0 Å². The minimum atomic E-state index is -0.749. The molecule has 4 nitrogen and oxygen atoms in total. The average Bonchev–Trinajstić information content (AvgIpc) is 2.84. The van der Waals surface area contributed by atoms with Crippen LogP contribution in [0.3, 0.4) is 0 Å². The molecule has 0 spiro atoms. The molecule has 1 aliphatic carbocycles. The van der Waals surface area contributed by atoms with E-state index in [1.54, 1.807) is 6.07 Å². The molecular formula is C16H19FN2O2. The molecule has 1 heterocycles. The van der Waals surface area contributed by atoms with Gasteiger partial charge in [0.1, 0.15) is 11.6 Å². The van der Waals surface area contributed by atoms with E-state index in [2.05, 4.69) is 4.98 Å². The highest BCUT2D eigenvalue weighted by atomic mass is 19.1. The van der Waals surface area contributed by atoms with Gasteiger partial charge >= 0.3 is 5.97 Å². The Morgan fingerprint density at radius 3 is 2.90 bits per heavy atom. The lowest BCUT2D eigenvalue weighted by Crippen LogP contribution is -2.27. The van der Waals surface area contributed by atoms with E-state index in [-0.39, 0.29) is 17.7 Å². The zero-order valence-corrected chi connectivity index (χ0v) is 12.1. The number of aliphatic carboxylic acids is 1. The maximum absolute atomic E-state index is 13.5. The van der Waals surface area contributed by atoms with Gasteiger partial charge in [0, 0.05) is 12.5 Å². The average molecular weight is 290 g/mol. The predicted molar refractivity (Wildman–Crippen MR) is 77.7 cm³/mol. The SMILES string of the molecule is CCn1c(C2CCCCC2C(=O)O)nc2ccc(F)cc21. The van der Waals surface area contributed by atoms with E-state index in [9.17, 15) is 14.3 Å². The summed E-state index contributed by atoms with van der Waals surface area (Å²) in [6.45, 7) is 2.65. The second-order valence-electron chi connectivity index (χ2n) is 5.68. The van der Waals surface area contributed by atoms with Crippen molar-refractivity contribution in [1.82, 2.24) is 9.55 Å². The second-order valence-corrected chi connectivity index (χ2v) is 5.68. The predicted octanol–water partition coefficient (Wildman–Crippen LogP) is 3.55. The molecule has 3 rings (SSSR count). The third kappa shape index (κ3) is 2.41. The Balaban J connectivity index is 2.12. The molecule has 1 N–H and O–H groups in total. The van der Waals surface area contributed by atoms with Gasteiger partial charge in [0.2, 0.25) is 0 Å². The number of halogens is 1. The Hall–Kier alpha value is -1.91. The van der Waals surface area contributed by atoms with Crippen LogP contribution in [0.15, 0.2) is 18.2 Å². The highest BCUT2D eigenvalue weighted by Gasteiger charge is 2.35. The molecule has 1 aromatic carbocycles. The topological polar surface area (TPSA) is 55.1 Å². The standard InChI is InChI=1S/C16H19FN2O2/c1-2-19-14-9-10(17)7-8-13(14)18-15(19)11-5-3-4-6-12(11)16(20)21/h7-9,11-12H,2-6H2,1H3,(H,20,21). The molecule has 0 saturated heterocycles. The number of rotatable bonds is 3. The van der Waals surface area contributed by atoms with Crippen molar-refractivity contribution in [3.05, 3.63) is 29.8 Å². The molecule has 0 amide bonds. The van der Waals surface area contributed by atoms with Gasteiger partial charge in [-0.15, -0.1) is 0 Å². The first-order chi connectivity index (χ1) is 10.1. The maximum atomic E-state index is 13.5. The van der Waals surface area contributed by atoms with Crippen molar-refractivity contribution in [1.29, 1.82) is 0 Å². The zero-order valence-electron chi connectivity index (χ0n) is 12.1. The van der Waals surface area contributed by atoms with E-state index >= 15 is 0 Å². The normalized spacial score (nSPS) is 22.6. The summed E-state index contributed by atoms with van der Waals surface area (Å²) in [6, 6.07) is 4.54. The van der Waals surface area contributed by atoms with E-state index in [0.717, 1.165) is 36.1 Å². The van der Waals surface area contributed by atoms with Gasteiger partial charge in [-0.2, -0.15) is 0 Å². The van der Waals surface area contributed by atoms with Gasteiger partial charge in [-0.3, -0.25) is 4.79 Å². The number of carbonyl (C=O) groups is 1. The van der Waals surface area contributed by atoms with Crippen molar-refractivity contribution in [2.24, 2.45) is 5.92 Å². The highest BCUT2D eigenvalue weighted by molar-refractivity contribution is 5.77. The summed E-state index contributed by atoms with van der Waals surface area (Å²) in [4.78, 5) is 16.1. The summed E-state index contributed by atoms with van der Waals surface area (Å²) in [5.41, 5.74) is 1.49. The quantitative estimate of drug-likeness (QED) is 0.940. The first kappa shape index (κ1) is 14.0. The van der Waals surface area contributed by atoms with Gasteiger partial charge in [-0.25, -0.2) is 9.37 Å². The first-order valence-electron chi connectivity index (χ1n) is 7.50. The fourth-order valence-corrected chi connectivity index (χ4v) is 3.47. The molecular weight excluding hydrogens is 271 g/mol. The lowest BCUT2D eigenvalue weighted by Gasteiger charge is -2.28. The molecule has 112 valence electrons. The summed E-state index contributed by atoms with van der Waals surface area (Å²) in [6.07, 6.45) is 3.51. The van der Waals surface area contributed by atoms with Crippen LogP contribution in [0.5, 0.6) is 0 Å². The van der Waals surface area contributed by atoms with Gasteiger partial charge in [-0.05, 0) is 38.0 Å². The van der Waals surface area contributed by atoms with Gasteiger partial charge in [0.15, 0.2) is 0 Å². The van der Waals surface area contributed by atoms with Gasteiger partial charge < -0.3 is 9.67 Å². The smallest absolute Gasteiger partial charge is 0.307 e. The molecule has 0 radical (unpaired) electrons. The van der Waals surface area contributed by atoms with E-state index in [4.69, 9.17) is 0 Å². The zero-order chi connectivity index (χ0) is 15.0. The van der Waals surface area contributed by atoms with Crippen molar-refractivity contribution < 1.29 is 14.3 Å². The molecule has 2 aromatic rings. The van der Waals surface area contributed by atoms with E-state index in [0.29, 0.717) is 13.0 Å². The van der Waals surface area contributed by atoms with Crippen LogP contribution in [-0.4, -0.2) is 20.6 Å². The Morgan fingerprint density at radius 1 is 1.43 bits per heavy atom. The number of hydrogen-bond donors (Lipinski definition) is 1. The number of fused-ring (bicyclic) bond motifs is 1. The lowest BCUT2D eigenvalue weighted by molar-refractivity contribution is -0.143. The van der Waals surface area contributed by atoms with Crippen LogP contribution >= 0.6 is 0 Å². The maximum Gasteiger partial charge on any atom is 0.307 e. The third-order valence-electron chi connectivity index (χ3n) is 4.47. The molecule has 2 unspecified atom stereocenters. The second kappa shape index (κ2) is 5.47. The molecule has 1 aliphatic rings. The van der Waals surface area contributed by atoms with E-state index < -0.39 is 5.97 Å². The van der Waals surface area contributed by atoms with Gasteiger partial charge in [-0.1, -0.05) is 12.8 Å². The van der Waals surface area contributed by atoms with E-state index in [1.165, 1.54) is 12.1 Å². The minimum Gasteiger partial charge on any atom is -0.481 e. The Bertz CT molecular complexity index is 680. The molecule has 1 saturated carbocycles. The van der Waals surface area contributed by atoms with Crippen LogP contribution in [0.2, 0.25) is 0 Å². The van der Waals surface area contributed by atoms with Crippen molar-refractivity contribution >= 4 is 17.0 Å². The fourth-order valence-electron chi connectivity index (χ4n) is 3.47. The summed E-state index contributed by atoms with van der Waals surface area (Å²) < 4.78 is 15.4. The fraction of sp³-hybridized carbons (Fsp3) is 0.500. The van der Waals surface area contributed by atoms with Crippen molar-refractivity contribution in [3.8, 4) is 0 Å². The lowest BCUT2D eigenvalue weighted by atomic mass is 9.78. The summed E-state index contributed by atoms with van der Waals surface area (Å²) in [5.74, 6) is -0.703. The number of imidazole rings is 1. The molecule has 0 bridgehead atoms. The number of benzene rings is 1. The molecule has 0 aliphatic heterocycles. The largest absolute Gasteiger partial charge is 0.481 e. The molecule has 1 fully saturated rings. The highest BCUT2D eigenvalue weighted by Crippen LogP contribution is 2.38. The summed E-state index contributed by atoms with van der Waals surface area (Å²) in [7, 11) is 0. The van der Waals surface area contributed by atoms with Crippen molar-refractivity contribution in [3.63, 3.8) is 0 Å². The molecule has 5 heteroatoms. The Labute approximate surface area is 122 Å². The Kier molecular flexibility index (Phi) is 3.66. The molecule has 21 heavy (non-hydrogen) atoms. The molecule has 2 atom stereocenters.